The zero-order valence-corrected chi connectivity index (χ0v) is 8.57. The molecule has 0 aliphatic carbocycles. The first-order valence-electron chi connectivity index (χ1n) is 4.49. The third kappa shape index (κ3) is 6.58. The fraction of sp³-hybridized carbons (Fsp3) is 1.00. The summed E-state index contributed by atoms with van der Waals surface area (Å²) in [5.41, 5.74) is 5.64. The van der Waals surface area contributed by atoms with Crippen molar-refractivity contribution in [2.75, 3.05) is 12.3 Å². The SMILES string of the molecule is CCCCP(N)(=O)CCCC. The molecule has 0 aromatic rings. The third-order valence-electron chi connectivity index (χ3n) is 1.78. The highest BCUT2D eigenvalue weighted by Crippen LogP contribution is 2.37. The number of unbranched alkanes of at least 4 members (excludes halogenated alkanes) is 2. The van der Waals surface area contributed by atoms with E-state index in [1.165, 1.54) is 0 Å². The molecule has 0 aromatic carbocycles. The van der Waals surface area contributed by atoms with Crippen LogP contribution in [0.5, 0.6) is 0 Å². The second kappa shape index (κ2) is 5.79. The summed E-state index contributed by atoms with van der Waals surface area (Å²) in [5, 5.41) is 0. The highest BCUT2D eigenvalue weighted by molar-refractivity contribution is 7.61. The van der Waals surface area contributed by atoms with Crippen molar-refractivity contribution >= 4 is 7.29 Å². The zero-order valence-electron chi connectivity index (χ0n) is 7.68. The van der Waals surface area contributed by atoms with E-state index >= 15 is 0 Å². The van der Waals surface area contributed by atoms with Gasteiger partial charge >= 0.3 is 0 Å². The molecule has 11 heavy (non-hydrogen) atoms. The summed E-state index contributed by atoms with van der Waals surface area (Å²) >= 11 is 0. The molecule has 0 atom stereocenters. The van der Waals surface area contributed by atoms with Crippen LogP contribution in [0.15, 0.2) is 0 Å². The van der Waals surface area contributed by atoms with Crippen LogP contribution >= 0.6 is 7.29 Å². The van der Waals surface area contributed by atoms with Gasteiger partial charge in [-0.1, -0.05) is 26.7 Å². The van der Waals surface area contributed by atoms with Gasteiger partial charge in [0.15, 0.2) is 0 Å². The van der Waals surface area contributed by atoms with Crippen LogP contribution in [0.4, 0.5) is 0 Å². The van der Waals surface area contributed by atoms with Crippen LogP contribution < -0.4 is 5.50 Å². The molecule has 0 radical (unpaired) electrons. The first kappa shape index (κ1) is 11.2. The van der Waals surface area contributed by atoms with Crippen molar-refractivity contribution in [3.8, 4) is 0 Å². The maximum Gasteiger partial charge on any atom is 0.145 e. The Kier molecular flexibility index (Phi) is 5.89. The lowest BCUT2D eigenvalue weighted by atomic mass is 10.4. The first-order valence-corrected chi connectivity index (χ1v) is 6.63. The number of nitrogens with two attached hydrogens (primary N) is 1. The van der Waals surface area contributed by atoms with Crippen molar-refractivity contribution in [3.05, 3.63) is 0 Å². The molecule has 0 aliphatic heterocycles. The Morgan fingerprint density at radius 1 is 1.09 bits per heavy atom. The Morgan fingerprint density at radius 3 is 1.73 bits per heavy atom. The normalized spacial score (nSPS) is 11.9. The summed E-state index contributed by atoms with van der Waals surface area (Å²) in [5.74, 6) is 0. The predicted octanol–water partition coefficient (Wildman–Crippen LogP) is 2.82. The average molecular weight is 177 g/mol. The fourth-order valence-electron chi connectivity index (χ4n) is 0.963. The van der Waals surface area contributed by atoms with Gasteiger partial charge in [-0.2, -0.15) is 0 Å². The van der Waals surface area contributed by atoms with Gasteiger partial charge in [-0.25, -0.2) is 0 Å². The van der Waals surface area contributed by atoms with E-state index in [0.717, 1.165) is 38.0 Å². The van der Waals surface area contributed by atoms with Gasteiger partial charge in [-0.05, 0) is 12.8 Å². The molecule has 0 saturated carbocycles. The van der Waals surface area contributed by atoms with Gasteiger partial charge in [0, 0.05) is 12.3 Å². The van der Waals surface area contributed by atoms with E-state index in [0.29, 0.717) is 0 Å². The van der Waals surface area contributed by atoms with Gasteiger partial charge in [-0.3, -0.25) is 5.50 Å². The molecule has 0 rings (SSSR count). The van der Waals surface area contributed by atoms with Crippen LogP contribution in [0, 0.1) is 0 Å². The minimum Gasteiger partial charge on any atom is -0.307 e. The highest BCUT2D eigenvalue weighted by atomic mass is 31.2. The van der Waals surface area contributed by atoms with E-state index in [9.17, 15) is 4.57 Å². The molecular formula is C8H20NOP. The maximum absolute atomic E-state index is 11.5. The van der Waals surface area contributed by atoms with Crippen molar-refractivity contribution in [3.63, 3.8) is 0 Å². The summed E-state index contributed by atoms with van der Waals surface area (Å²) in [6, 6.07) is 0. The first-order chi connectivity index (χ1) is 5.12. The molecule has 0 unspecified atom stereocenters. The van der Waals surface area contributed by atoms with Crippen LogP contribution in [-0.4, -0.2) is 12.3 Å². The summed E-state index contributed by atoms with van der Waals surface area (Å²) in [6.45, 7) is 4.19. The lowest BCUT2D eigenvalue weighted by molar-refractivity contribution is 0.571. The van der Waals surface area contributed by atoms with Crippen LogP contribution in [-0.2, 0) is 4.57 Å². The van der Waals surface area contributed by atoms with E-state index in [4.69, 9.17) is 5.50 Å². The van der Waals surface area contributed by atoms with Gasteiger partial charge in [0.1, 0.15) is 7.29 Å². The molecule has 68 valence electrons. The minimum atomic E-state index is -2.23. The smallest absolute Gasteiger partial charge is 0.145 e. The zero-order chi connectivity index (χ0) is 8.74. The van der Waals surface area contributed by atoms with Crippen LogP contribution in [0.25, 0.3) is 0 Å². The van der Waals surface area contributed by atoms with Gasteiger partial charge in [-0.15, -0.1) is 0 Å². The molecule has 0 aliphatic rings. The molecule has 0 spiro atoms. The Balaban J connectivity index is 3.53. The molecular weight excluding hydrogens is 157 g/mol. The van der Waals surface area contributed by atoms with E-state index in [1.807, 2.05) is 0 Å². The number of rotatable bonds is 6. The standard InChI is InChI=1S/C8H20NOP/c1-3-5-7-11(9,10)8-6-4-2/h3-8H2,1-2H3,(H2,9,10). The van der Waals surface area contributed by atoms with E-state index in [1.54, 1.807) is 0 Å². The third-order valence-corrected chi connectivity index (χ3v) is 3.93. The second-order valence-electron chi connectivity index (χ2n) is 3.11. The van der Waals surface area contributed by atoms with E-state index in [2.05, 4.69) is 13.8 Å². The van der Waals surface area contributed by atoms with Crippen LogP contribution in [0.1, 0.15) is 39.5 Å². The van der Waals surface area contributed by atoms with Gasteiger partial charge in [0.05, 0.1) is 0 Å². The number of hydrogen-bond acceptors (Lipinski definition) is 1. The quantitative estimate of drug-likeness (QED) is 0.634. The molecule has 0 aromatic heterocycles. The summed E-state index contributed by atoms with van der Waals surface area (Å²) < 4.78 is 11.5. The average Bonchev–Trinajstić information content (AvgIpc) is 1.97. The van der Waals surface area contributed by atoms with E-state index in [-0.39, 0.29) is 0 Å². The van der Waals surface area contributed by atoms with Crippen molar-refractivity contribution in [2.24, 2.45) is 5.50 Å². The molecule has 0 fully saturated rings. The maximum atomic E-state index is 11.5. The molecule has 0 heterocycles. The van der Waals surface area contributed by atoms with Crippen molar-refractivity contribution in [1.82, 2.24) is 0 Å². The summed E-state index contributed by atoms with van der Waals surface area (Å²) in [6.07, 6.45) is 5.68. The monoisotopic (exact) mass is 177 g/mol. The van der Waals surface area contributed by atoms with Gasteiger partial charge < -0.3 is 4.57 Å². The molecule has 2 nitrogen and oxygen atoms in total. The molecule has 0 bridgehead atoms. The fourth-order valence-corrected chi connectivity index (χ4v) is 2.89. The second-order valence-corrected chi connectivity index (χ2v) is 5.91. The van der Waals surface area contributed by atoms with Gasteiger partial charge in [0.25, 0.3) is 0 Å². The van der Waals surface area contributed by atoms with Crippen LogP contribution in [0.3, 0.4) is 0 Å². The Morgan fingerprint density at radius 2 is 1.45 bits per heavy atom. The largest absolute Gasteiger partial charge is 0.307 e. The molecule has 0 amide bonds. The van der Waals surface area contributed by atoms with Crippen molar-refractivity contribution in [2.45, 2.75) is 39.5 Å². The summed E-state index contributed by atoms with van der Waals surface area (Å²) in [7, 11) is -2.23. The predicted molar refractivity (Wildman–Crippen MR) is 51.3 cm³/mol. The lowest BCUT2D eigenvalue weighted by Gasteiger charge is -2.10. The topological polar surface area (TPSA) is 43.1 Å². The highest BCUT2D eigenvalue weighted by Gasteiger charge is 2.13. The summed E-state index contributed by atoms with van der Waals surface area (Å²) in [4.78, 5) is 0. The molecule has 3 heteroatoms. The van der Waals surface area contributed by atoms with Crippen LogP contribution in [0.2, 0.25) is 0 Å². The Labute approximate surface area is 70.0 Å². The van der Waals surface area contributed by atoms with E-state index < -0.39 is 7.29 Å². The van der Waals surface area contributed by atoms with Gasteiger partial charge in [0.2, 0.25) is 0 Å². The minimum absolute atomic E-state index is 0.740. The van der Waals surface area contributed by atoms with Crippen molar-refractivity contribution < 1.29 is 4.57 Å². The number of hydrogen-bond donors (Lipinski definition) is 1. The Bertz CT molecular complexity index is 124. The molecule has 0 saturated heterocycles. The lowest BCUT2D eigenvalue weighted by Crippen LogP contribution is -2.04. The Hall–Kier alpha value is 0.190. The molecule has 2 N–H and O–H groups in total. The van der Waals surface area contributed by atoms with Crippen molar-refractivity contribution in [1.29, 1.82) is 0 Å².